The normalized spacial score (nSPS) is 11.8. The fraction of sp³-hybridized carbons (Fsp3) is 0.107. The Bertz CT molecular complexity index is 1990. The summed E-state index contributed by atoms with van der Waals surface area (Å²) in [7, 11) is 1.80. The lowest BCUT2D eigenvalue weighted by Gasteiger charge is -2.18. The average Bonchev–Trinajstić information content (AvgIpc) is 3.63. The van der Waals surface area contributed by atoms with Crippen LogP contribution in [-0.4, -0.2) is 34.9 Å². The van der Waals surface area contributed by atoms with Crippen molar-refractivity contribution in [2.24, 2.45) is 7.05 Å². The van der Waals surface area contributed by atoms with Gasteiger partial charge in [0, 0.05) is 19.4 Å². The zero-order chi connectivity index (χ0) is 27.1. The van der Waals surface area contributed by atoms with E-state index in [9.17, 15) is 9.59 Å². The van der Waals surface area contributed by atoms with E-state index in [1.54, 1.807) is 67.6 Å². The van der Waals surface area contributed by atoms with Gasteiger partial charge in [0.1, 0.15) is 23.0 Å². The number of rotatable bonds is 4. The van der Waals surface area contributed by atoms with Crippen LogP contribution in [0.4, 0.5) is 5.82 Å². The summed E-state index contributed by atoms with van der Waals surface area (Å²) in [5, 5.41) is 11.5. The van der Waals surface area contributed by atoms with Crippen molar-refractivity contribution in [1.82, 2.24) is 34.3 Å². The van der Waals surface area contributed by atoms with Crippen molar-refractivity contribution in [2.45, 2.75) is 13.0 Å². The Kier molecular flexibility index (Phi) is 5.69. The molecular formula is C28H22N8O3. The molecule has 11 heteroatoms. The number of benzene rings is 1. The number of nitrogens with two attached hydrogens (primary N) is 1. The number of pyridine rings is 1. The molecule has 0 unspecified atom stereocenters. The summed E-state index contributed by atoms with van der Waals surface area (Å²) in [6.07, 6.45) is 6.52. The van der Waals surface area contributed by atoms with Gasteiger partial charge in [-0.25, -0.2) is 4.52 Å². The molecule has 0 saturated heterocycles. The zero-order valence-electron chi connectivity index (χ0n) is 21.0. The molecule has 6 rings (SSSR count). The lowest BCUT2D eigenvalue weighted by Crippen LogP contribution is -2.33. The molecule has 1 amide bonds. The summed E-state index contributed by atoms with van der Waals surface area (Å²) in [5.41, 5.74) is 8.29. The van der Waals surface area contributed by atoms with Crippen LogP contribution >= 0.6 is 0 Å². The SMILES string of the molecule is C[C@H](NC(=O)c1c(N)nn2ccccc12)c1nc2occ(C#Cc3cnn(C)c3)c2c(=O)n1-c1ccccc1. The number of anilines is 1. The maximum Gasteiger partial charge on any atom is 0.270 e. The minimum absolute atomic E-state index is 0.0950. The van der Waals surface area contributed by atoms with Gasteiger partial charge >= 0.3 is 0 Å². The zero-order valence-corrected chi connectivity index (χ0v) is 21.0. The fourth-order valence-electron chi connectivity index (χ4n) is 4.42. The van der Waals surface area contributed by atoms with Crippen LogP contribution in [0.25, 0.3) is 22.3 Å². The summed E-state index contributed by atoms with van der Waals surface area (Å²) in [6.45, 7) is 1.74. The Morgan fingerprint density at radius 1 is 1.13 bits per heavy atom. The number of para-hydroxylation sites is 1. The predicted molar refractivity (Wildman–Crippen MR) is 144 cm³/mol. The summed E-state index contributed by atoms with van der Waals surface area (Å²) >= 11 is 0. The van der Waals surface area contributed by atoms with Gasteiger partial charge in [0.05, 0.1) is 34.6 Å². The Balaban J connectivity index is 1.45. The molecule has 0 aliphatic rings. The molecule has 1 aromatic carbocycles. The summed E-state index contributed by atoms with van der Waals surface area (Å²) < 4.78 is 10.3. The van der Waals surface area contributed by atoms with Crippen LogP contribution in [0.2, 0.25) is 0 Å². The number of fused-ring (bicyclic) bond motifs is 2. The Hall–Kier alpha value is -5.63. The number of hydrogen-bond donors (Lipinski definition) is 2. The number of nitrogens with one attached hydrogen (secondary N) is 1. The monoisotopic (exact) mass is 518 g/mol. The minimum atomic E-state index is -0.706. The minimum Gasteiger partial charge on any atom is -0.445 e. The molecule has 6 aromatic rings. The van der Waals surface area contributed by atoms with Gasteiger partial charge in [0.25, 0.3) is 11.5 Å². The number of furan rings is 1. The van der Waals surface area contributed by atoms with Gasteiger partial charge in [-0.3, -0.25) is 18.8 Å². The number of nitrogens with zero attached hydrogens (tertiary/aromatic N) is 6. The summed E-state index contributed by atoms with van der Waals surface area (Å²) in [4.78, 5) is 31.9. The number of carbonyl (C=O) groups is 1. The standard InChI is InChI=1S/C28H22N8O3/c1-17(31-26(37)23-21-10-6-7-13-35(21)33-24(23)29)25-32-27-22(28(38)36(25)20-8-4-3-5-9-20)19(16-39-27)12-11-18-14-30-34(2)15-18/h3-10,13-17H,1-2H3,(H2,29,33)(H,31,37)/t17-/m0/s1. The van der Waals surface area contributed by atoms with E-state index < -0.39 is 11.9 Å². The fourth-order valence-corrected chi connectivity index (χ4v) is 4.42. The highest BCUT2D eigenvalue weighted by atomic mass is 16.3. The van der Waals surface area contributed by atoms with Crippen molar-refractivity contribution < 1.29 is 9.21 Å². The number of carbonyl (C=O) groups excluding carboxylic acids is 1. The van der Waals surface area contributed by atoms with E-state index in [0.29, 0.717) is 22.3 Å². The van der Waals surface area contributed by atoms with E-state index in [2.05, 4.69) is 32.3 Å². The number of amides is 1. The topological polar surface area (TPSA) is 138 Å². The largest absolute Gasteiger partial charge is 0.445 e. The first-order chi connectivity index (χ1) is 18.9. The molecule has 0 radical (unpaired) electrons. The summed E-state index contributed by atoms with van der Waals surface area (Å²) in [6, 6.07) is 13.7. The van der Waals surface area contributed by atoms with Crippen molar-refractivity contribution in [1.29, 1.82) is 0 Å². The van der Waals surface area contributed by atoms with Crippen LogP contribution < -0.4 is 16.6 Å². The molecular weight excluding hydrogens is 496 g/mol. The number of nitrogen functional groups attached to an aromatic ring is 1. The van der Waals surface area contributed by atoms with Crippen molar-refractivity contribution in [3.8, 4) is 17.5 Å². The smallest absolute Gasteiger partial charge is 0.270 e. The van der Waals surface area contributed by atoms with Gasteiger partial charge in [-0.1, -0.05) is 36.1 Å². The average molecular weight is 519 g/mol. The van der Waals surface area contributed by atoms with Gasteiger partial charge in [-0.2, -0.15) is 10.1 Å². The Labute approximate surface area is 221 Å². The Morgan fingerprint density at radius 2 is 1.92 bits per heavy atom. The third kappa shape index (κ3) is 4.19. The number of aromatic nitrogens is 6. The quantitative estimate of drug-likeness (QED) is 0.342. The molecule has 0 spiro atoms. The molecule has 192 valence electrons. The molecule has 39 heavy (non-hydrogen) atoms. The van der Waals surface area contributed by atoms with Gasteiger partial charge in [0.2, 0.25) is 5.71 Å². The lowest BCUT2D eigenvalue weighted by molar-refractivity contribution is 0.0940. The third-order valence-corrected chi connectivity index (χ3v) is 6.22. The van der Waals surface area contributed by atoms with E-state index in [4.69, 9.17) is 10.2 Å². The molecule has 5 heterocycles. The first kappa shape index (κ1) is 23.7. The third-order valence-electron chi connectivity index (χ3n) is 6.22. The molecule has 0 bridgehead atoms. The van der Waals surface area contributed by atoms with Crippen molar-refractivity contribution in [3.63, 3.8) is 0 Å². The highest BCUT2D eigenvalue weighted by molar-refractivity contribution is 6.05. The van der Waals surface area contributed by atoms with Gasteiger partial charge in [-0.05, 0) is 31.2 Å². The van der Waals surface area contributed by atoms with Crippen LogP contribution in [0.5, 0.6) is 0 Å². The second-order valence-corrected chi connectivity index (χ2v) is 8.91. The van der Waals surface area contributed by atoms with Crippen LogP contribution in [0.15, 0.2) is 82.6 Å². The van der Waals surface area contributed by atoms with Crippen molar-refractivity contribution in [3.05, 3.63) is 106 Å². The molecule has 0 aliphatic heterocycles. The number of hydrogen-bond acceptors (Lipinski definition) is 7. The molecule has 3 N–H and O–H groups in total. The Morgan fingerprint density at radius 3 is 2.69 bits per heavy atom. The highest BCUT2D eigenvalue weighted by Crippen LogP contribution is 2.23. The molecule has 11 nitrogen and oxygen atoms in total. The summed E-state index contributed by atoms with van der Waals surface area (Å²) in [5.74, 6) is 5.92. The van der Waals surface area contributed by atoms with Crippen LogP contribution in [-0.2, 0) is 7.05 Å². The molecule has 1 atom stereocenters. The van der Waals surface area contributed by atoms with Crippen LogP contribution in [0.1, 0.15) is 40.3 Å². The predicted octanol–water partition coefficient (Wildman–Crippen LogP) is 2.83. The molecule has 0 saturated carbocycles. The second kappa shape index (κ2) is 9.35. The van der Waals surface area contributed by atoms with E-state index in [1.165, 1.54) is 15.3 Å². The van der Waals surface area contributed by atoms with Gasteiger partial charge < -0.3 is 15.5 Å². The molecule has 0 aliphatic carbocycles. The molecule has 5 aromatic heterocycles. The van der Waals surface area contributed by atoms with Crippen molar-refractivity contribution >= 4 is 28.3 Å². The van der Waals surface area contributed by atoms with E-state index in [-0.39, 0.29) is 33.9 Å². The first-order valence-electron chi connectivity index (χ1n) is 12.0. The first-order valence-corrected chi connectivity index (χ1v) is 12.0. The van der Waals surface area contributed by atoms with E-state index in [0.717, 1.165) is 0 Å². The van der Waals surface area contributed by atoms with E-state index in [1.807, 2.05) is 18.2 Å². The van der Waals surface area contributed by atoms with Crippen LogP contribution in [0.3, 0.4) is 0 Å². The van der Waals surface area contributed by atoms with Gasteiger partial charge in [-0.15, -0.1) is 5.10 Å². The van der Waals surface area contributed by atoms with Crippen LogP contribution in [0, 0.1) is 11.8 Å². The lowest BCUT2D eigenvalue weighted by atomic mass is 10.2. The van der Waals surface area contributed by atoms with E-state index >= 15 is 0 Å². The number of aryl methyl sites for hydroxylation is 1. The molecule has 0 fully saturated rings. The maximum absolute atomic E-state index is 13.9. The van der Waals surface area contributed by atoms with Crippen molar-refractivity contribution in [2.75, 3.05) is 5.73 Å². The van der Waals surface area contributed by atoms with Gasteiger partial charge in [0.15, 0.2) is 5.82 Å². The maximum atomic E-state index is 13.9. The second-order valence-electron chi connectivity index (χ2n) is 8.91. The highest BCUT2D eigenvalue weighted by Gasteiger charge is 2.25.